The van der Waals surface area contributed by atoms with Gasteiger partial charge in [-0.3, -0.25) is 14.7 Å². The number of likely N-dealkylation sites (tertiary alicyclic amines) is 1. The summed E-state index contributed by atoms with van der Waals surface area (Å²) in [6, 6.07) is 8.11. The maximum Gasteiger partial charge on any atom is 0.490 e. The number of nitrogens with zero attached hydrogens (tertiary/aromatic N) is 2. The van der Waals surface area contributed by atoms with E-state index in [4.69, 9.17) is 14.6 Å². The van der Waals surface area contributed by atoms with Crippen molar-refractivity contribution >= 4 is 23.2 Å². The van der Waals surface area contributed by atoms with Gasteiger partial charge in [0.15, 0.2) is 0 Å². The number of ether oxygens (including phenoxy) is 1. The number of amides is 1. The van der Waals surface area contributed by atoms with Crippen LogP contribution in [0, 0.1) is 11.8 Å². The Kier molecular flexibility index (Phi) is 7.63. The molecular weight excluding hydrogens is 435 g/mol. The van der Waals surface area contributed by atoms with Gasteiger partial charge in [0.25, 0.3) is 0 Å². The molecule has 2 N–H and O–H groups in total. The molecule has 31 heavy (non-hydrogen) atoms. The van der Waals surface area contributed by atoms with Gasteiger partial charge in [-0.25, -0.2) is 4.79 Å². The highest BCUT2D eigenvalue weighted by Gasteiger charge is 2.46. The summed E-state index contributed by atoms with van der Waals surface area (Å²) in [5.41, 5.74) is 1.20. The fourth-order valence-electron chi connectivity index (χ4n) is 3.66. The molecule has 0 bridgehead atoms. The van der Waals surface area contributed by atoms with Crippen LogP contribution in [-0.2, 0) is 27.4 Å². The molecule has 1 amide bonds. The molecule has 2 saturated heterocycles. The lowest BCUT2D eigenvalue weighted by Crippen LogP contribution is -2.36. The zero-order valence-electron chi connectivity index (χ0n) is 16.4. The van der Waals surface area contributed by atoms with Crippen molar-refractivity contribution in [2.75, 3.05) is 19.7 Å². The molecule has 3 atom stereocenters. The van der Waals surface area contributed by atoms with E-state index in [0.29, 0.717) is 19.1 Å². The number of nitrogens with one attached hydrogen (secondary N) is 1. The van der Waals surface area contributed by atoms with Gasteiger partial charge in [-0.1, -0.05) is 12.1 Å². The lowest BCUT2D eigenvalue weighted by atomic mass is 9.92. The van der Waals surface area contributed by atoms with Gasteiger partial charge in [0.2, 0.25) is 5.91 Å². The molecule has 0 spiro atoms. The Morgan fingerprint density at radius 2 is 2.06 bits per heavy atom. The van der Waals surface area contributed by atoms with Crippen LogP contribution < -0.4 is 5.32 Å². The third-order valence-corrected chi connectivity index (χ3v) is 5.99. The number of rotatable bonds is 5. The van der Waals surface area contributed by atoms with Crippen LogP contribution in [0.5, 0.6) is 0 Å². The average Bonchev–Trinajstić information content (AvgIpc) is 3.44. The molecule has 2 aromatic rings. The second-order valence-corrected chi connectivity index (χ2v) is 8.33. The largest absolute Gasteiger partial charge is 0.490 e. The maximum absolute atomic E-state index is 12.5. The van der Waals surface area contributed by atoms with Crippen LogP contribution in [-0.4, -0.2) is 58.8 Å². The normalized spacial score (nSPS) is 23.0. The summed E-state index contributed by atoms with van der Waals surface area (Å²) in [5.74, 6) is -2.37. The molecule has 168 valence electrons. The van der Waals surface area contributed by atoms with E-state index in [9.17, 15) is 18.0 Å². The van der Waals surface area contributed by atoms with Gasteiger partial charge in [0.1, 0.15) is 0 Å². The van der Waals surface area contributed by atoms with Gasteiger partial charge in [-0.2, -0.15) is 13.2 Å². The van der Waals surface area contributed by atoms with E-state index in [1.54, 1.807) is 17.5 Å². The Bertz CT molecular complexity index is 864. The number of hydrogen-bond donors (Lipinski definition) is 2. The summed E-state index contributed by atoms with van der Waals surface area (Å²) >= 11 is 1.67. The van der Waals surface area contributed by atoms with E-state index in [2.05, 4.69) is 21.3 Å². The van der Waals surface area contributed by atoms with Gasteiger partial charge in [0, 0.05) is 42.8 Å². The number of thiophene rings is 1. The first-order valence-electron chi connectivity index (χ1n) is 9.57. The van der Waals surface area contributed by atoms with Crippen molar-refractivity contribution < 1.29 is 32.6 Å². The minimum Gasteiger partial charge on any atom is -0.475 e. The minimum atomic E-state index is -5.08. The first-order chi connectivity index (χ1) is 14.7. The second-order valence-electron chi connectivity index (χ2n) is 7.30. The number of hydrogen-bond acceptors (Lipinski definition) is 6. The minimum absolute atomic E-state index is 0.0335. The molecule has 7 nitrogen and oxygen atoms in total. The van der Waals surface area contributed by atoms with Crippen LogP contribution in [0.15, 0.2) is 42.0 Å². The molecule has 0 unspecified atom stereocenters. The van der Waals surface area contributed by atoms with E-state index in [-0.39, 0.29) is 17.9 Å². The van der Waals surface area contributed by atoms with Crippen LogP contribution in [0.1, 0.15) is 10.4 Å². The Labute approximate surface area is 180 Å². The summed E-state index contributed by atoms with van der Waals surface area (Å²) in [4.78, 5) is 29.1. The fraction of sp³-hybridized carbons (Fsp3) is 0.450. The number of carbonyl (C=O) groups is 2. The van der Waals surface area contributed by atoms with Crippen molar-refractivity contribution in [3.8, 4) is 0 Å². The van der Waals surface area contributed by atoms with Crippen molar-refractivity contribution in [3.63, 3.8) is 0 Å². The number of aromatic nitrogens is 1. The van der Waals surface area contributed by atoms with Crippen LogP contribution in [0.25, 0.3) is 0 Å². The molecule has 4 rings (SSSR count). The van der Waals surface area contributed by atoms with Crippen molar-refractivity contribution in [3.05, 3.63) is 52.5 Å². The quantitative estimate of drug-likeness (QED) is 0.717. The SMILES string of the molecule is O=C(NCc1cccs1)[C@H]1CO[C@@H]2CN(Cc3cccnc3)C[C@H]12.O=C(O)C(F)(F)F. The summed E-state index contributed by atoms with van der Waals surface area (Å²) in [6.45, 7) is 3.84. The standard InChI is InChI=1S/C18H21N3O2S.C2HF3O2/c22-18(20-8-14-4-2-6-24-14)16-12-23-17-11-21(10-15(16)17)9-13-3-1-5-19-7-13;3-2(4,5)1(6)7/h1-7,15-17H,8-12H2,(H,20,22);(H,6,7)/t15-,16+,17-;/m1./s1. The van der Waals surface area contributed by atoms with Crippen molar-refractivity contribution in [1.82, 2.24) is 15.2 Å². The van der Waals surface area contributed by atoms with Crippen molar-refractivity contribution in [2.24, 2.45) is 11.8 Å². The Hall–Kier alpha value is -2.50. The Morgan fingerprint density at radius 1 is 1.29 bits per heavy atom. The summed E-state index contributed by atoms with van der Waals surface area (Å²) in [5, 5.41) is 12.2. The lowest BCUT2D eigenvalue weighted by Gasteiger charge is -2.19. The molecule has 2 fully saturated rings. The zero-order valence-corrected chi connectivity index (χ0v) is 17.2. The monoisotopic (exact) mass is 457 g/mol. The van der Waals surface area contributed by atoms with E-state index in [1.165, 1.54) is 10.4 Å². The number of carboxylic acids is 1. The molecule has 0 saturated carbocycles. The predicted octanol–water partition coefficient (Wildman–Crippen LogP) is 2.54. The first-order valence-corrected chi connectivity index (χ1v) is 10.4. The van der Waals surface area contributed by atoms with E-state index >= 15 is 0 Å². The van der Waals surface area contributed by atoms with E-state index in [0.717, 1.165) is 19.6 Å². The summed E-state index contributed by atoms with van der Waals surface area (Å²) < 4.78 is 37.6. The molecule has 0 aliphatic carbocycles. The zero-order chi connectivity index (χ0) is 22.4. The van der Waals surface area contributed by atoms with Crippen molar-refractivity contribution in [1.29, 1.82) is 0 Å². The van der Waals surface area contributed by atoms with Crippen LogP contribution in [0.4, 0.5) is 13.2 Å². The molecule has 2 aliphatic rings. The number of carboxylic acid groups (broad SMARTS) is 1. The number of fused-ring (bicyclic) bond motifs is 1. The first kappa shape index (κ1) is 23.2. The number of aliphatic carboxylic acids is 1. The van der Waals surface area contributed by atoms with Gasteiger partial charge in [-0.15, -0.1) is 11.3 Å². The second kappa shape index (κ2) is 10.2. The highest BCUT2D eigenvalue weighted by atomic mass is 32.1. The highest BCUT2D eigenvalue weighted by Crippen LogP contribution is 2.34. The lowest BCUT2D eigenvalue weighted by molar-refractivity contribution is -0.192. The molecule has 4 heterocycles. The third kappa shape index (κ3) is 6.49. The van der Waals surface area contributed by atoms with Gasteiger partial charge >= 0.3 is 12.1 Å². The third-order valence-electron chi connectivity index (χ3n) is 5.12. The predicted molar refractivity (Wildman–Crippen MR) is 106 cm³/mol. The highest BCUT2D eigenvalue weighted by molar-refractivity contribution is 7.09. The number of pyridine rings is 1. The molecule has 0 aromatic carbocycles. The topological polar surface area (TPSA) is 91.8 Å². The van der Waals surface area contributed by atoms with Crippen molar-refractivity contribution in [2.45, 2.75) is 25.4 Å². The molecule has 11 heteroatoms. The van der Waals surface area contributed by atoms with Gasteiger partial charge in [0.05, 0.1) is 25.2 Å². The van der Waals surface area contributed by atoms with E-state index in [1.807, 2.05) is 29.8 Å². The Morgan fingerprint density at radius 3 is 2.68 bits per heavy atom. The average molecular weight is 457 g/mol. The van der Waals surface area contributed by atoms with E-state index < -0.39 is 12.1 Å². The molecular formula is C20H22F3N3O4S. The van der Waals surface area contributed by atoms with Gasteiger partial charge < -0.3 is 15.2 Å². The Balaban J connectivity index is 0.000000339. The molecule has 0 radical (unpaired) electrons. The number of carbonyl (C=O) groups excluding carboxylic acids is 1. The smallest absolute Gasteiger partial charge is 0.475 e. The fourth-order valence-corrected chi connectivity index (χ4v) is 4.31. The number of alkyl halides is 3. The maximum atomic E-state index is 12.5. The number of halogens is 3. The van der Waals surface area contributed by atoms with Crippen LogP contribution in [0.3, 0.4) is 0 Å². The van der Waals surface area contributed by atoms with Gasteiger partial charge in [-0.05, 0) is 23.1 Å². The summed E-state index contributed by atoms with van der Waals surface area (Å²) in [6.07, 6.45) is -1.21. The summed E-state index contributed by atoms with van der Waals surface area (Å²) in [7, 11) is 0. The molecule has 2 aromatic heterocycles. The van der Waals surface area contributed by atoms with Crippen LogP contribution >= 0.6 is 11.3 Å². The molecule has 2 aliphatic heterocycles. The van der Waals surface area contributed by atoms with Crippen LogP contribution in [0.2, 0.25) is 0 Å².